The van der Waals surface area contributed by atoms with E-state index in [0.717, 1.165) is 28.1 Å². The van der Waals surface area contributed by atoms with Crippen molar-refractivity contribution in [3.63, 3.8) is 0 Å². The Morgan fingerprint density at radius 3 is 2.61 bits per heavy atom. The minimum atomic E-state index is -3.70. The molecule has 0 spiro atoms. The smallest absolute Gasteiger partial charge is 0.462 e. The highest BCUT2D eigenvalue weighted by Gasteiger charge is 2.44. The fourth-order valence-electron chi connectivity index (χ4n) is 4.69. The molecule has 2 aromatic carbocycles. The first-order chi connectivity index (χ1) is 15.7. The average Bonchev–Trinajstić information content (AvgIpc) is 3.24. The van der Waals surface area contributed by atoms with Gasteiger partial charge in [0.15, 0.2) is 11.5 Å². The third-order valence-electron chi connectivity index (χ3n) is 6.14. The predicted octanol–water partition coefficient (Wildman–Crippen LogP) is 5.25. The Kier molecular flexibility index (Phi) is 4.84. The zero-order valence-electron chi connectivity index (χ0n) is 18.9. The van der Waals surface area contributed by atoms with Crippen molar-refractivity contribution in [2.75, 3.05) is 25.6 Å². The van der Waals surface area contributed by atoms with Gasteiger partial charge in [0.2, 0.25) is 0 Å². The van der Waals surface area contributed by atoms with Crippen LogP contribution in [0.3, 0.4) is 0 Å². The molecule has 0 N–H and O–H groups in total. The van der Waals surface area contributed by atoms with Gasteiger partial charge in [-0.2, -0.15) is 0 Å². The summed E-state index contributed by atoms with van der Waals surface area (Å²) in [6.45, 7) is 4.55. The molecule has 172 valence electrons. The molecule has 0 saturated heterocycles. The lowest BCUT2D eigenvalue weighted by atomic mass is 9.93. The minimum Gasteiger partial charge on any atom is -0.462 e. The Morgan fingerprint density at radius 1 is 1.18 bits per heavy atom. The van der Waals surface area contributed by atoms with Gasteiger partial charge in [0.25, 0.3) is 0 Å². The number of fused-ring (bicyclic) bond motifs is 4. The third kappa shape index (κ3) is 3.41. The first-order valence-corrected chi connectivity index (χ1v) is 10.8. The van der Waals surface area contributed by atoms with Crippen LogP contribution in [0.5, 0.6) is 11.5 Å². The van der Waals surface area contributed by atoms with Gasteiger partial charge in [0, 0.05) is 43.1 Å². The number of ether oxygens (including phenoxy) is 3. The summed E-state index contributed by atoms with van der Waals surface area (Å²) < 4.78 is 44.2. The number of aryl methyl sites for hydroxylation is 1. The van der Waals surface area contributed by atoms with Gasteiger partial charge < -0.3 is 23.7 Å². The lowest BCUT2D eigenvalue weighted by molar-refractivity contribution is -0.286. The van der Waals surface area contributed by atoms with E-state index in [2.05, 4.69) is 9.30 Å². The second-order valence-corrected chi connectivity index (χ2v) is 8.37. The largest absolute Gasteiger partial charge is 0.586 e. The lowest BCUT2D eigenvalue weighted by Crippen LogP contribution is -2.25. The number of hydrogen-bond donors (Lipinski definition) is 0. The first kappa shape index (κ1) is 21.3. The van der Waals surface area contributed by atoms with Crippen LogP contribution in [0.4, 0.5) is 14.5 Å². The highest BCUT2D eigenvalue weighted by atomic mass is 19.3. The van der Waals surface area contributed by atoms with Crippen molar-refractivity contribution in [1.29, 1.82) is 0 Å². The molecular formula is C25H24F2N2O4. The number of carbonyl (C=O) groups excluding carboxylic acids is 1. The van der Waals surface area contributed by atoms with E-state index in [1.54, 1.807) is 19.1 Å². The zero-order chi connectivity index (χ0) is 23.5. The molecule has 0 fully saturated rings. The number of anilines is 1. The van der Waals surface area contributed by atoms with Crippen LogP contribution >= 0.6 is 0 Å². The van der Waals surface area contributed by atoms with Crippen molar-refractivity contribution in [1.82, 2.24) is 4.57 Å². The van der Waals surface area contributed by atoms with Gasteiger partial charge in [0.1, 0.15) is 0 Å². The zero-order valence-corrected chi connectivity index (χ0v) is 18.9. The molecule has 0 radical (unpaired) electrons. The van der Waals surface area contributed by atoms with Crippen LogP contribution < -0.4 is 14.4 Å². The summed E-state index contributed by atoms with van der Waals surface area (Å²) in [7, 11) is 3.91. The molecule has 3 heterocycles. The standard InChI is InChI=1S/C25H24F2N2O4/c1-5-31-24(30)22-21(16-7-6-8-17(11-16)28(3)4)14(2)29-10-9-15-12-19-20(13-18(15)23(22)29)33-25(26,27)32-19/h6-8,11-13H,5,9-10H2,1-4H3. The number of aromatic nitrogens is 1. The van der Waals surface area contributed by atoms with E-state index in [4.69, 9.17) is 9.47 Å². The monoisotopic (exact) mass is 454 g/mol. The molecule has 0 bridgehead atoms. The van der Waals surface area contributed by atoms with E-state index in [1.165, 1.54) is 0 Å². The number of rotatable bonds is 4. The van der Waals surface area contributed by atoms with E-state index in [9.17, 15) is 13.6 Å². The molecule has 3 aromatic rings. The molecule has 0 atom stereocenters. The van der Waals surface area contributed by atoms with Crippen LogP contribution in [-0.2, 0) is 17.7 Å². The molecule has 0 aliphatic carbocycles. The number of halogens is 2. The lowest BCUT2D eigenvalue weighted by Gasteiger charge is -2.22. The van der Waals surface area contributed by atoms with Gasteiger partial charge >= 0.3 is 12.3 Å². The molecule has 5 rings (SSSR count). The Hall–Kier alpha value is -3.55. The highest BCUT2D eigenvalue weighted by molar-refractivity contribution is 6.05. The molecule has 6 nitrogen and oxygen atoms in total. The Labute approximate surface area is 190 Å². The summed E-state index contributed by atoms with van der Waals surface area (Å²) in [5, 5.41) is 0. The van der Waals surface area contributed by atoms with E-state index < -0.39 is 12.3 Å². The summed E-state index contributed by atoms with van der Waals surface area (Å²) in [6, 6.07) is 11.1. The second kappa shape index (κ2) is 7.50. The first-order valence-electron chi connectivity index (χ1n) is 10.8. The molecule has 0 unspecified atom stereocenters. The average molecular weight is 454 g/mol. The number of benzene rings is 2. The van der Waals surface area contributed by atoms with Gasteiger partial charge in [-0.3, -0.25) is 0 Å². The molecule has 33 heavy (non-hydrogen) atoms. The number of alkyl halides is 2. The van der Waals surface area contributed by atoms with Crippen molar-refractivity contribution < 1.29 is 27.8 Å². The topological polar surface area (TPSA) is 52.9 Å². The predicted molar refractivity (Wildman–Crippen MR) is 120 cm³/mol. The van der Waals surface area contributed by atoms with Crippen LogP contribution in [0, 0.1) is 6.92 Å². The van der Waals surface area contributed by atoms with E-state index >= 15 is 0 Å². The van der Waals surface area contributed by atoms with Gasteiger partial charge in [-0.15, -0.1) is 8.78 Å². The summed E-state index contributed by atoms with van der Waals surface area (Å²) in [6.07, 6.45) is -3.09. The van der Waals surface area contributed by atoms with Crippen LogP contribution in [0.15, 0.2) is 36.4 Å². The molecular weight excluding hydrogens is 430 g/mol. The maximum Gasteiger partial charge on any atom is 0.586 e. The number of carbonyl (C=O) groups is 1. The Bertz CT molecular complexity index is 1280. The fourth-order valence-corrected chi connectivity index (χ4v) is 4.69. The van der Waals surface area contributed by atoms with E-state index in [0.29, 0.717) is 29.8 Å². The van der Waals surface area contributed by atoms with Gasteiger partial charge in [-0.25, -0.2) is 4.79 Å². The SMILES string of the molecule is CCOC(=O)c1c(-c2cccc(N(C)C)c2)c(C)n2c1-c1cc3c(cc1CC2)OC(F)(F)O3. The highest BCUT2D eigenvalue weighted by Crippen LogP contribution is 2.49. The third-order valence-corrected chi connectivity index (χ3v) is 6.14. The van der Waals surface area contributed by atoms with Gasteiger partial charge in [-0.05, 0) is 55.7 Å². The fraction of sp³-hybridized carbons (Fsp3) is 0.320. The second-order valence-electron chi connectivity index (χ2n) is 8.37. The molecule has 0 saturated carbocycles. The summed E-state index contributed by atoms with van der Waals surface area (Å²) in [4.78, 5) is 15.3. The van der Waals surface area contributed by atoms with E-state index in [1.807, 2.05) is 50.2 Å². The quantitative estimate of drug-likeness (QED) is 0.504. The Morgan fingerprint density at radius 2 is 1.91 bits per heavy atom. The van der Waals surface area contributed by atoms with Crippen molar-refractivity contribution in [2.45, 2.75) is 33.1 Å². The van der Waals surface area contributed by atoms with Crippen molar-refractivity contribution in [2.24, 2.45) is 0 Å². The molecule has 1 aromatic heterocycles. The number of nitrogens with zero attached hydrogens (tertiary/aromatic N) is 2. The molecule has 0 amide bonds. The maximum atomic E-state index is 13.7. The molecule has 2 aliphatic rings. The Balaban J connectivity index is 1.76. The maximum absolute atomic E-state index is 13.7. The molecule has 8 heteroatoms. The van der Waals surface area contributed by atoms with Gasteiger partial charge in [-0.1, -0.05) is 12.1 Å². The minimum absolute atomic E-state index is 0.00655. The van der Waals surface area contributed by atoms with Crippen molar-refractivity contribution >= 4 is 11.7 Å². The molecule has 2 aliphatic heterocycles. The summed E-state index contributed by atoms with van der Waals surface area (Å²) in [5.41, 5.74) is 6.15. The van der Waals surface area contributed by atoms with Crippen LogP contribution in [0.1, 0.15) is 28.5 Å². The van der Waals surface area contributed by atoms with Crippen molar-refractivity contribution in [3.05, 3.63) is 53.2 Å². The number of hydrogen-bond acceptors (Lipinski definition) is 5. The van der Waals surface area contributed by atoms with Gasteiger partial charge in [0.05, 0.1) is 17.9 Å². The van der Waals surface area contributed by atoms with Crippen LogP contribution in [0.25, 0.3) is 22.4 Å². The summed E-state index contributed by atoms with van der Waals surface area (Å²) >= 11 is 0. The number of esters is 1. The normalized spacial score (nSPS) is 15.1. The summed E-state index contributed by atoms with van der Waals surface area (Å²) in [5.74, 6) is -0.487. The van der Waals surface area contributed by atoms with Crippen LogP contribution in [0.2, 0.25) is 0 Å². The van der Waals surface area contributed by atoms with E-state index in [-0.39, 0.29) is 18.1 Å². The van der Waals surface area contributed by atoms with Crippen molar-refractivity contribution in [3.8, 4) is 33.9 Å². The van der Waals surface area contributed by atoms with Crippen LogP contribution in [-0.4, -0.2) is 37.5 Å².